The molecule has 0 saturated carbocycles. The van der Waals surface area contributed by atoms with E-state index >= 15 is 0 Å². The molecule has 2 aromatic carbocycles. The maximum absolute atomic E-state index is 14.2. The number of anilines is 2. The van der Waals surface area contributed by atoms with Crippen LogP contribution >= 0.6 is 23.1 Å². The van der Waals surface area contributed by atoms with Crippen LogP contribution in [0.25, 0.3) is 16.6 Å². The molecule has 10 nitrogen and oxygen atoms in total. The molecule has 2 heterocycles. The minimum absolute atomic E-state index is 0. The van der Waals surface area contributed by atoms with Gasteiger partial charge in [-0.3, -0.25) is 4.79 Å². The van der Waals surface area contributed by atoms with Crippen LogP contribution in [0, 0.1) is 5.82 Å². The van der Waals surface area contributed by atoms with Gasteiger partial charge >= 0.3 is 63.1 Å². The van der Waals surface area contributed by atoms with Crippen LogP contribution in [0.15, 0.2) is 67.7 Å². The Morgan fingerprint density at radius 2 is 1.86 bits per heavy atom. The number of thiophene rings is 1. The van der Waals surface area contributed by atoms with Crippen molar-refractivity contribution in [3.05, 3.63) is 80.6 Å². The summed E-state index contributed by atoms with van der Waals surface area (Å²) >= 11 is 6.91. The molecule has 178 valence electrons. The second-order valence-electron chi connectivity index (χ2n) is 6.84. The molecular weight excluding hydrogens is 548 g/mol. The van der Waals surface area contributed by atoms with Crippen LogP contribution in [0.1, 0.15) is 0 Å². The zero-order valence-corrected chi connectivity index (χ0v) is 19.6. The van der Waals surface area contributed by atoms with Gasteiger partial charge in [0.15, 0.2) is 0 Å². The number of hydrogen-bond donors (Lipinski definition) is 3. The first-order valence-electron chi connectivity index (χ1n) is 9.45. The summed E-state index contributed by atoms with van der Waals surface area (Å²) in [5, 5.41) is 4.13. The van der Waals surface area contributed by atoms with Gasteiger partial charge < -0.3 is 10.3 Å². The topological polar surface area (TPSA) is 133 Å². The van der Waals surface area contributed by atoms with Crippen molar-refractivity contribution in [3.63, 3.8) is 0 Å². The number of benzene rings is 2. The molecule has 15 heteroatoms. The number of hydrogen-bond acceptors (Lipinski definition) is 7. The number of aromatic nitrogens is 2. The van der Waals surface area contributed by atoms with E-state index in [-0.39, 0.29) is 83.6 Å². The average molecular weight is 564 g/mol. The summed E-state index contributed by atoms with van der Waals surface area (Å²) in [4.78, 5) is 40.3. The number of carbonyl (C=O) groups is 1. The standard InChI is InChI=1S/C20H15ClFN5O5S2.K.H/c1-23-16-10-15-13(9-14(16)22)18(28)26(19(29)24-15)11-4-6-12(7-5-11)27(21)20(30)25-34(31,32)17-3-2-8-33-17;;/h2-10,23H,1H3,(H,24,29)(H,25,30);;. The van der Waals surface area contributed by atoms with Gasteiger partial charge in [0.1, 0.15) is 10.0 Å². The van der Waals surface area contributed by atoms with Gasteiger partial charge in [-0.1, -0.05) is 6.07 Å². The van der Waals surface area contributed by atoms with Crippen molar-refractivity contribution in [3.8, 4) is 5.69 Å². The molecule has 0 radical (unpaired) electrons. The van der Waals surface area contributed by atoms with E-state index < -0.39 is 33.1 Å². The Balaban J connectivity index is 0.00000342. The van der Waals surface area contributed by atoms with Gasteiger partial charge in [-0.2, -0.15) is 0 Å². The fourth-order valence-electron chi connectivity index (χ4n) is 3.14. The summed E-state index contributed by atoms with van der Waals surface area (Å²) in [6.45, 7) is 0. The van der Waals surface area contributed by atoms with E-state index in [0.717, 1.165) is 22.0 Å². The molecule has 2 aromatic heterocycles. The molecule has 0 unspecified atom stereocenters. The number of fused-ring (bicyclic) bond motifs is 1. The third kappa shape index (κ3) is 5.54. The molecule has 2 amide bonds. The van der Waals surface area contributed by atoms with Crippen LogP contribution in [-0.4, -0.2) is 82.4 Å². The third-order valence-corrected chi connectivity index (χ3v) is 7.82. The molecule has 4 aromatic rings. The number of carbonyl (C=O) groups excluding carboxylic acids is 1. The minimum atomic E-state index is -4.09. The number of H-pyrrole nitrogens is 1. The van der Waals surface area contributed by atoms with Gasteiger partial charge in [0.25, 0.3) is 15.6 Å². The SMILES string of the molecule is CNc1cc2[nH]c(=O)n(-c3ccc(N(Cl)C(=O)NS(=O)(=O)c4cccs4)cc3)c(=O)c2cc1F.[KH]. The van der Waals surface area contributed by atoms with Crippen LogP contribution in [0.2, 0.25) is 0 Å². The Kier molecular flexibility index (Phi) is 8.59. The number of nitrogens with one attached hydrogen (secondary N) is 3. The first kappa shape index (κ1) is 27.5. The number of sulfonamides is 1. The first-order chi connectivity index (χ1) is 16.1. The summed E-state index contributed by atoms with van der Waals surface area (Å²) < 4.78 is 41.7. The van der Waals surface area contributed by atoms with E-state index in [1.165, 1.54) is 49.5 Å². The van der Waals surface area contributed by atoms with Crippen molar-refractivity contribution in [2.24, 2.45) is 0 Å². The number of aromatic amines is 1. The van der Waals surface area contributed by atoms with Crippen LogP contribution in [-0.2, 0) is 10.0 Å². The molecule has 35 heavy (non-hydrogen) atoms. The van der Waals surface area contributed by atoms with E-state index in [9.17, 15) is 27.2 Å². The molecule has 0 aliphatic rings. The van der Waals surface area contributed by atoms with E-state index in [0.29, 0.717) is 4.42 Å². The van der Waals surface area contributed by atoms with Crippen LogP contribution in [0.4, 0.5) is 20.6 Å². The molecule has 0 saturated heterocycles. The molecule has 0 aliphatic carbocycles. The van der Waals surface area contributed by atoms with Crippen LogP contribution < -0.4 is 25.7 Å². The number of nitrogens with zero attached hydrogens (tertiary/aromatic N) is 2. The van der Waals surface area contributed by atoms with Crippen molar-refractivity contribution in [1.29, 1.82) is 0 Å². The number of urea groups is 1. The second-order valence-corrected chi connectivity index (χ2v) is 10.0. The maximum atomic E-state index is 14.2. The summed E-state index contributed by atoms with van der Waals surface area (Å²) in [6, 6.07) is 9.32. The summed E-state index contributed by atoms with van der Waals surface area (Å²) in [5.74, 6) is -0.664. The predicted molar refractivity (Wildman–Crippen MR) is 135 cm³/mol. The number of amides is 2. The van der Waals surface area contributed by atoms with Crippen molar-refractivity contribution >= 4 is 113 Å². The van der Waals surface area contributed by atoms with E-state index in [1.54, 1.807) is 5.38 Å². The second kappa shape index (κ2) is 10.9. The molecule has 0 atom stereocenters. The molecule has 0 bridgehead atoms. The Labute approximate surface area is 249 Å². The normalized spacial score (nSPS) is 11.1. The zero-order chi connectivity index (χ0) is 24.6. The van der Waals surface area contributed by atoms with Crippen molar-refractivity contribution < 1.29 is 17.6 Å². The molecule has 0 aliphatic heterocycles. The molecule has 4 rings (SSSR count). The van der Waals surface area contributed by atoms with Gasteiger partial charge in [-0.15, -0.1) is 11.3 Å². The first-order valence-corrected chi connectivity index (χ1v) is 12.2. The van der Waals surface area contributed by atoms with Crippen molar-refractivity contribution in [1.82, 2.24) is 14.3 Å². The van der Waals surface area contributed by atoms with Crippen molar-refractivity contribution in [2.75, 3.05) is 16.8 Å². The monoisotopic (exact) mass is 563 g/mol. The van der Waals surface area contributed by atoms with Gasteiger partial charge in [-0.25, -0.2) is 36.1 Å². The molecule has 3 N–H and O–H groups in total. The fourth-order valence-corrected chi connectivity index (χ4v) is 5.27. The summed E-state index contributed by atoms with van der Waals surface area (Å²) in [5.41, 5.74) is -1.06. The van der Waals surface area contributed by atoms with Gasteiger partial charge in [0, 0.05) is 18.8 Å². The van der Waals surface area contributed by atoms with E-state index in [2.05, 4.69) is 10.3 Å². The Morgan fingerprint density at radius 1 is 1.17 bits per heavy atom. The van der Waals surface area contributed by atoms with Gasteiger partial charge in [0.2, 0.25) is 0 Å². The average Bonchev–Trinajstić information content (AvgIpc) is 3.35. The molecule has 0 spiro atoms. The number of halogens is 2. The fraction of sp³-hybridized carbons (Fsp3) is 0.0500. The third-order valence-electron chi connectivity index (χ3n) is 4.75. The van der Waals surface area contributed by atoms with Crippen LogP contribution in [0.3, 0.4) is 0 Å². The Morgan fingerprint density at radius 3 is 2.46 bits per heavy atom. The summed E-state index contributed by atoms with van der Waals surface area (Å²) in [7, 11) is -2.59. The molecular formula is C20H16ClFKN5O5S2. The van der Waals surface area contributed by atoms with Crippen LogP contribution in [0.5, 0.6) is 0 Å². The zero-order valence-electron chi connectivity index (χ0n) is 17.2. The Bertz CT molecular complexity index is 1620. The molecule has 0 fully saturated rings. The van der Waals surface area contributed by atoms with E-state index in [1.807, 2.05) is 4.72 Å². The predicted octanol–water partition coefficient (Wildman–Crippen LogP) is 2.33. The van der Waals surface area contributed by atoms with Gasteiger partial charge in [0.05, 0.1) is 28.0 Å². The summed E-state index contributed by atoms with van der Waals surface area (Å²) in [6.07, 6.45) is 0. The quantitative estimate of drug-likeness (QED) is 0.252. The number of rotatable bonds is 5. The Hall–Kier alpha value is -2.04. The van der Waals surface area contributed by atoms with E-state index in [4.69, 9.17) is 11.8 Å². The van der Waals surface area contributed by atoms with Gasteiger partial charge in [-0.05, 0) is 47.8 Å². The van der Waals surface area contributed by atoms with Crippen molar-refractivity contribution in [2.45, 2.75) is 4.21 Å².